The molecule has 0 saturated heterocycles. The van der Waals surface area contributed by atoms with Crippen LogP contribution in [-0.2, 0) is 0 Å². The summed E-state index contributed by atoms with van der Waals surface area (Å²) in [7, 11) is 0. The fourth-order valence-electron chi connectivity index (χ4n) is 8.29. The van der Waals surface area contributed by atoms with Crippen LogP contribution in [0.5, 0.6) is 0 Å². The first-order chi connectivity index (χ1) is 28.2. The largest absolute Gasteiger partial charge is 0.438 e. The Balaban J connectivity index is 1.16. The van der Waals surface area contributed by atoms with E-state index in [4.69, 9.17) is 14.4 Å². The zero-order valence-electron chi connectivity index (χ0n) is 30.6. The van der Waals surface area contributed by atoms with Gasteiger partial charge < -0.3 is 4.42 Å². The van der Waals surface area contributed by atoms with E-state index in [1.54, 1.807) is 0 Å². The quantitative estimate of drug-likeness (QED) is 0.157. The lowest BCUT2D eigenvalue weighted by molar-refractivity contribution is 0.646. The lowest BCUT2D eigenvalue weighted by Gasteiger charge is -2.15. The molecule has 0 aliphatic heterocycles. The minimum atomic E-state index is 0.704. The number of benzene rings is 8. The summed E-state index contributed by atoms with van der Waals surface area (Å²) in [5.41, 5.74) is 13.3. The molecule has 0 radical (unpaired) electrons. The third-order valence-corrected chi connectivity index (χ3v) is 12.0. The maximum absolute atomic E-state index is 7.20. The molecule has 3 aromatic heterocycles. The number of fused-ring (bicyclic) bond motifs is 7. The third-order valence-electron chi connectivity index (χ3n) is 10.9. The fourth-order valence-corrected chi connectivity index (χ4v) is 9.30. The van der Waals surface area contributed by atoms with Crippen LogP contribution in [0, 0.1) is 3.57 Å². The maximum atomic E-state index is 7.20. The number of furan rings is 1. The summed E-state index contributed by atoms with van der Waals surface area (Å²) in [5.74, 6) is 0.704. The van der Waals surface area contributed by atoms with Crippen molar-refractivity contribution in [2.45, 2.75) is 0 Å². The van der Waals surface area contributed by atoms with Gasteiger partial charge in [0.25, 0.3) is 0 Å². The molecule has 268 valence electrons. The van der Waals surface area contributed by atoms with E-state index >= 15 is 0 Å². The highest BCUT2D eigenvalue weighted by atomic mass is 127. The molecule has 0 spiro atoms. The van der Waals surface area contributed by atoms with E-state index in [0.29, 0.717) is 5.82 Å². The Labute approximate surface area is 342 Å². The molecule has 5 heteroatoms. The first kappa shape index (κ1) is 33.5. The van der Waals surface area contributed by atoms with Gasteiger partial charge >= 0.3 is 0 Å². The van der Waals surface area contributed by atoms with E-state index in [-0.39, 0.29) is 0 Å². The summed E-state index contributed by atoms with van der Waals surface area (Å²) in [6, 6.07) is 67.9. The van der Waals surface area contributed by atoms with Crippen molar-refractivity contribution in [3.8, 4) is 61.8 Å². The summed E-state index contributed by atoms with van der Waals surface area (Å²) in [4.78, 5) is 10.1. The van der Waals surface area contributed by atoms with Crippen LogP contribution in [0.2, 0.25) is 0 Å². The Bertz CT molecular complexity index is 3210. The number of nitrogens with zero attached hydrogens (tertiary/aromatic N) is 3. The standard InChI is InChI=1S/C52H32IN3O/c53-49-41-26-15-25-39(33-28-30-35(31-29-33)43-32-42(34-16-5-1-6-17-34)54-51(55-43)37-20-9-3-10-21-37)46(41)48-47-40-24-13-14-27-44(40)56(38-22-11-4-12-23-38)52(47)57-50(48)45(49)36-18-7-2-8-19-36/h1-32H. The van der Waals surface area contributed by atoms with Crippen molar-refractivity contribution < 1.29 is 4.42 Å². The molecule has 0 bridgehead atoms. The van der Waals surface area contributed by atoms with E-state index in [2.05, 4.69) is 185 Å². The SMILES string of the molecule is Ic1c(-c2ccccc2)c2oc3c(c4ccccc4n3-c3ccccc3)c2c2c(-c3ccc(-c4cc(-c5ccccc5)nc(-c5ccccc5)n4)cc3)cccc12. The first-order valence-corrected chi connectivity index (χ1v) is 20.1. The molecule has 0 unspecified atom stereocenters. The van der Waals surface area contributed by atoms with Crippen molar-refractivity contribution in [2.75, 3.05) is 0 Å². The predicted molar refractivity (Wildman–Crippen MR) is 244 cm³/mol. The second kappa shape index (κ2) is 13.7. The van der Waals surface area contributed by atoms with Crippen molar-refractivity contribution in [3.63, 3.8) is 0 Å². The summed E-state index contributed by atoms with van der Waals surface area (Å²) in [6.07, 6.45) is 0. The van der Waals surface area contributed by atoms with Gasteiger partial charge in [-0.25, -0.2) is 9.97 Å². The lowest BCUT2D eigenvalue weighted by atomic mass is 9.90. The summed E-state index contributed by atoms with van der Waals surface area (Å²) < 4.78 is 10.6. The number of para-hydroxylation sites is 2. The molecule has 57 heavy (non-hydrogen) atoms. The van der Waals surface area contributed by atoms with Gasteiger partial charge in [-0.2, -0.15) is 0 Å². The maximum Gasteiger partial charge on any atom is 0.213 e. The molecular weight excluding hydrogens is 809 g/mol. The van der Waals surface area contributed by atoms with Gasteiger partial charge in [-0.3, -0.25) is 4.57 Å². The Morgan fingerprint density at radius 3 is 1.67 bits per heavy atom. The number of halogens is 1. The molecule has 0 saturated carbocycles. The molecule has 0 fully saturated rings. The van der Waals surface area contributed by atoms with Crippen LogP contribution in [0.4, 0.5) is 0 Å². The molecule has 4 nitrogen and oxygen atoms in total. The summed E-state index contributed by atoms with van der Waals surface area (Å²) >= 11 is 2.53. The van der Waals surface area contributed by atoms with Crippen LogP contribution < -0.4 is 0 Å². The van der Waals surface area contributed by atoms with E-state index in [1.807, 2.05) is 36.4 Å². The summed E-state index contributed by atoms with van der Waals surface area (Å²) in [5, 5.41) is 5.78. The van der Waals surface area contributed by atoms with E-state index in [1.165, 1.54) is 10.8 Å². The smallest absolute Gasteiger partial charge is 0.213 e. The Kier molecular flexibility index (Phi) is 8.07. The van der Waals surface area contributed by atoms with Gasteiger partial charge in [0.1, 0.15) is 5.58 Å². The van der Waals surface area contributed by atoms with Crippen molar-refractivity contribution in [1.29, 1.82) is 0 Å². The number of aromatic nitrogens is 3. The van der Waals surface area contributed by atoms with Crippen LogP contribution in [0.3, 0.4) is 0 Å². The zero-order chi connectivity index (χ0) is 37.9. The van der Waals surface area contributed by atoms with Crippen molar-refractivity contribution in [3.05, 3.63) is 198 Å². The van der Waals surface area contributed by atoms with Crippen LogP contribution in [0.25, 0.3) is 106 Å². The van der Waals surface area contributed by atoms with E-state index in [9.17, 15) is 0 Å². The Morgan fingerprint density at radius 1 is 0.439 bits per heavy atom. The minimum absolute atomic E-state index is 0.704. The first-order valence-electron chi connectivity index (χ1n) is 19.0. The van der Waals surface area contributed by atoms with Crippen LogP contribution in [0.15, 0.2) is 199 Å². The normalized spacial score (nSPS) is 11.6. The topological polar surface area (TPSA) is 43.9 Å². The molecule has 0 aliphatic carbocycles. The number of rotatable bonds is 6. The highest BCUT2D eigenvalue weighted by Crippen LogP contribution is 2.50. The highest BCUT2D eigenvalue weighted by Gasteiger charge is 2.27. The second-order valence-corrected chi connectivity index (χ2v) is 15.3. The average molecular weight is 842 g/mol. The molecule has 0 atom stereocenters. The monoisotopic (exact) mass is 841 g/mol. The Morgan fingerprint density at radius 2 is 0.982 bits per heavy atom. The molecule has 11 aromatic rings. The molecular formula is C52H32IN3O. The van der Waals surface area contributed by atoms with Gasteiger partial charge in [0.05, 0.1) is 22.3 Å². The fraction of sp³-hybridized carbons (Fsp3) is 0. The second-order valence-electron chi connectivity index (χ2n) is 14.2. The van der Waals surface area contributed by atoms with Crippen molar-refractivity contribution in [2.24, 2.45) is 0 Å². The van der Waals surface area contributed by atoms with Crippen molar-refractivity contribution >= 4 is 66.3 Å². The molecule has 0 aliphatic rings. The number of hydrogen-bond acceptors (Lipinski definition) is 3. The summed E-state index contributed by atoms with van der Waals surface area (Å²) in [6.45, 7) is 0. The van der Waals surface area contributed by atoms with Crippen molar-refractivity contribution in [1.82, 2.24) is 14.5 Å². The third kappa shape index (κ3) is 5.57. The Hall–Kier alpha value is -6.83. The molecule has 0 N–H and O–H groups in total. The molecule has 8 aromatic carbocycles. The van der Waals surface area contributed by atoms with Gasteiger partial charge in [0.15, 0.2) is 5.82 Å². The van der Waals surface area contributed by atoms with Gasteiger partial charge in [-0.05, 0) is 68.9 Å². The van der Waals surface area contributed by atoms with Crippen LogP contribution in [-0.4, -0.2) is 14.5 Å². The van der Waals surface area contributed by atoms with Gasteiger partial charge in [0, 0.05) is 47.7 Å². The minimum Gasteiger partial charge on any atom is -0.438 e. The van der Waals surface area contributed by atoms with Gasteiger partial charge in [0.2, 0.25) is 5.71 Å². The predicted octanol–water partition coefficient (Wildman–Crippen LogP) is 14.4. The van der Waals surface area contributed by atoms with Gasteiger partial charge in [-0.1, -0.05) is 170 Å². The van der Waals surface area contributed by atoms with Crippen LogP contribution in [0.1, 0.15) is 0 Å². The van der Waals surface area contributed by atoms with Gasteiger partial charge in [-0.15, -0.1) is 0 Å². The average Bonchev–Trinajstić information content (AvgIpc) is 3.82. The highest BCUT2D eigenvalue weighted by molar-refractivity contribution is 14.1. The number of hydrogen-bond donors (Lipinski definition) is 0. The molecule has 11 rings (SSSR count). The zero-order valence-corrected chi connectivity index (χ0v) is 32.8. The van der Waals surface area contributed by atoms with E-state index in [0.717, 1.165) is 92.6 Å². The van der Waals surface area contributed by atoms with E-state index < -0.39 is 0 Å². The molecule has 3 heterocycles. The molecule has 0 amide bonds. The lowest BCUT2D eigenvalue weighted by Crippen LogP contribution is -1.96. The van der Waals surface area contributed by atoms with Crippen LogP contribution >= 0.6 is 22.6 Å².